The Labute approximate surface area is 201 Å². The number of hydrogen-bond acceptors (Lipinski definition) is 7. The number of aryl methyl sites for hydroxylation is 1. The first-order valence-electron chi connectivity index (χ1n) is 11.2. The quantitative estimate of drug-likeness (QED) is 0.459. The van der Waals surface area contributed by atoms with E-state index >= 15 is 4.39 Å². The summed E-state index contributed by atoms with van der Waals surface area (Å²) >= 11 is 0. The molecule has 3 aromatic heterocycles. The molecule has 1 aliphatic heterocycles. The van der Waals surface area contributed by atoms with Crippen LogP contribution in [0.25, 0.3) is 22.4 Å². The van der Waals surface area contributed by atoms with E-state index in [0.717, 1.165) is 24.1 Å². The van der Waals surface area contributed by atoms with Gasteiger partial charge in [0, 0.05) is 49.2 Å². The van der Waals surface area contributed by atoms with Gasteiger partial charge in [-0.3, -0.25) is 9.67 Å². The van der Waals surface area contributed by atoms with Crippen LogP contribution in [0, 0.1) is 5.82 Å². The van der Waals surface area contributed by atoms with Gasteiger partial charge in [0.15, 0.2) is 17.2 Å². The van der Waals surface area contributed by atoms with Crippen LogP contribution in [-0.4, -0.2) is 44.6 Å². The van der Waals surface area contributed by atoms with Crippen molar-refractivity contribution in [1.29, 1.82) is 0 Å². The Bertz CT molecular complexity index is 1490. The van der Waals surface area contributed by atoms with Gasteiger partial charge in [-0.25, -0.2) is 14.4 Å². The van der Waals surface area contributed by atoms with Gasteiger partial charge >= 0.3 is 0 Å². The minimum Gasteiger partial charge on any atom is -0.497 e. The predicted molar refractivity (Wildman–Crippen MR) is 130 cm³/mol. The Balaban J connectivity index is 1.72. The number of pyridine rings is 1. The van der Waals surface area contributed by atoms with Crippen LogP contribution in [0.15, 0.2) is 60.1 Å². The molecule has 1 atom stereocenters. The van der Waals surface area contributed by atoms with Crippen molar-refractivity contribution in [2.45, 2.75) is 25.4 Å². The van der Waals surface area contributed by atoms with Gasteiger partial charge in [0.2, 0.25) is 0 Å². The molecule has 5 rings (SSSR count). The predicted octanol–water partition coefficient (Wildman–Crippen LogP) is 3.49. The van der Waals surface area contributed by atoms with Crippen LogP contribution in [0.3, 0.4) is 0 Å². The standard InChI is InChI=1S/C25H26FN7O2/c1-15-5-6-17(29-15)14-33-23(30-20-9-18(34-3)10-22(35-4)24(20)26)8-7-19-25(33)31-21(12-27-19)16-11-28-32(2)13-16/h7-13,17,29H,1,5-6,14H2,2-4H3. The molecule has 1 aliphatic rings. The van der Waals surface area contributed by atoms with E-state index in [9.17, 15) is 0 Å². The summed E-state index contributed by atoms with van der Waals surface area (Å²) in [6, 6.07) is 6.82. The van der Waals surface area contributed by atoms with E-state index in [4.69, 9.17) is 14.5 Å². The number of aromatic nitrogens is 5. The Morgan fingerprint density at radius 2 is 2.09 bits per heavy atom. The summed E-state index contributed by atoms with van der Waals surface area (Å²) in [6.07, 6.45) is 7.18. The number of halogens is 1. The lowest BCUT2D eigenvalue weighted by Crippen LogP contribution is -2.32. The minimum absolute atomic E-state index is 0.0582. The maximum atomic E-state index is 15.1. The van der Waals surface area contributed by atoms with Crippen molar-refractivity contribution in [1.82, 2.24) is 29.6 Å². The molecule has 180 valence electrons. The fourth-order valence-electron chi connectivity index (χ4n) is 4.20. The van der Waals surface area contributed by atoms with Crippen LogP contribution in [0.5, 0.6) is 11.5 Å². The Hall–Kier alpha value is -4.21. The number of nitrogens with one attached hydrogen (secondary N) is 1. The van der Waals surface area contributed by atoms with Gasteiger partial charge in [-0.15, -0.1) is 0 Å². The number of hydrogen-bond donors (Lipinski definition) is 1. The third-order valence-electron chi connectivity index (χ3n) is 5.99. The Morgan fingerprint density at radius 3 is 2.77 bits per heavy atom. The average molecular weight is 476 g/mol. The van der Waals surface area contributed by atoms with E-state index < -0.39 is 5.82 Å². The Morgan fingerprint density at radius 1 is 1.23 bits per heavy atom. The summed E-state index contributed by atoms with van der Waals surface area (Å²) in [5, 5.41) is 7.66. The first-order valence-corrected chi connectivity index (χ1v) is 11.2. The molecule has 10 heteroatoms. The fraction of sp³-hybridized carbons (Fsp3) is 0.280. The molecule has 4 heterocycles. The number of allylic oxidation sites excluding steroid dienone is 1. The summed E-state index contributed by atoms with van der Waals surface area (Å²) in [5.41, 5.74) is 4.53. The van der Waals surface area contributed by atoms with Gasteiger partial charge in [-0.05, 0) is 25.0 Å². The van der Waals surface area contributed by atoms with Crippen LogP contribution in [-0.2, 0) is 13.6 Å². The van der Waals surface area contributed by atoms with Crippen LogP contribution >= 0.6 is 0 Å². The highest BCUT2D eigenvalue weighted by molar-refractivity contribution is 5.73. The van der Waals surface area contributed by atoms with Crippen LogP contribution in [0.1, 0.15) is 12.8 Å². The molecule has 4 aromatic rings. The van der Waals surface area contributed by atoms with Crippen molar-refractivity contribution in [3.63, 3.8) is 0 Å². The second-order valence-electron chi connectivity index (χ2n) is 8.43. The zero-order valence-corrected chi connectivity index (χ0v) is 19.8. The maximum Gasteiger partial charge on any atom is 0.190 e. The van der Waals surface area contributed by atoms with E-state index in [1.807, 2.05) is 29.9 Å². The molecule has 0 amide bonds. The number of methoxy groups -OCH3 is 2. The molecular formula is C25H26FN7O2. The number of benzene rings is 1. The lowest BCUT2D eigenvalue weighted by atomic mass is 10.2. The third-order valence-corrected chi connectivity index (χ3v) is 5.99. The topological polar surface area (TPSA) is 91.4 Å². The van der Waals surface area contributed by atoms with Crippen molar-refractivity contribution < 1.29 is 13.9 Å². The molecule has 1 fully saturated rings. The first kappa shape index (κ1) is 22.6. The SMILES string of the molecule is C=C1CCC(Cn2c(=Nc3cc(OC)cc(OC)c3F)ccc3ncc(-c4cnn(C)c4)nc32)N1. The highest BCUT2D eigenvalue weighted by Gasteiger charge is 2.20. The third kappa shape index (κ3) is 4.46. The molecule has 1 saturated heterocycles. The number of rotatable bonds is 6. The molecule has 1 unspecified atom stereocenters. The lowest BCUT2D eigenvalue weighted by molar-refractivity contribution is 0.374. The molecule has 1 aromatic carbocycles. The zero-order valence-electron chi connectivity index (χ0n) is 19.8. The van der Waals surface area contributed by atoms with E-state index in [0.29, 0.717) is 34.6 Å². The second-order valence-corrected chi connectivity index (χ2v) is 8.43. The monoisotopic (exact) mass is 475 g/mol. The first-order chi connectivity index (χ1) is 16.9. The fourth-order valence-corrected chi connectivity index (χ4v) is 4.20. The molecule has 0 radical (unpaired) electrons. The van der Waals surface area contributed by atoms with Gasteiger partial charge < -0.3 is 19.4 Å². The van der Waals surface area contributed by atoms with Gasteiger partial charge in [-0.2, -0.15) is 5.10 Å². The van der Waals surface area contributed by atoms with E-state index in [-0.39, 0.29) is 17.5 Å². The minimum atomic E-state index is -0.567. The second kappa shape index (κ2) is 9.21. The number of nitrogens with zero attached hydrogens (tertiary/aromatic N) is 6. The molecule has 35 heavy (non-hydrogen) atoms. The summed E-state index contributed by atoms with van der Waals surface area (Å²) < 4.78 is 29.3. The smallest absolute Gasteiger partial charge is 0.190 e. The molecule has 0 bridgehead atoms. The van der Waals surface area contributed by atoms with Crippen LogP contribution < -0.4 is 20.3 Å². The van der Waals surface area contributed by atoms with Gasteiger partial charge in [-0.1, -0.05) is 6.58 Å². The molecule has 9 nitrogen and oxygen atoms in total. The normalized spacial score (nSPS) is 16.1. The molecule has 0 saturated carbocycles. The van der Waals surface area contributed by atoms with Crippen molar-refractivity contribution in [2.24, 2.45) is 12.0 Å². The highest BCUT2D eigenvalue weighted by Crippen LogP contribution is 2.32. The average Bonchev–Trinajstić information content (AvgIpc) is 3.49. The Kier molecular flexibility index (Phi) is 5.94. The summed E-state index contributed by atoms with van der Waals surface area (Å²) in [7, 11) is 4.78. The highest BCUT2D eigenvalue weighted by atomic mass is 19.1. The van der Waals surface area contributed by atoms with Gasteiger partial charge in [0.1, 0.15) is 22.4 Å². The summed E-state index contributed by atoms with van der Waals surface area (Å²) in [6.45, 7) is 4.60. The molecule has 1 N–H and O–H groups in total. The van der Waals surface area contributed by atoms with Gasteiger partial charge in [0.05, 0.1) is 32.3 Å². The van der Waals surface area contributed by atoms with Crippen molar-refractivity contribution in [3.05, 3.63) is 66.4 Å². The largest absolute Gasteiger partial charge is 0.497 e. The molecule has 0 aliphatic carbocycles. The van der Waals surface area contributed by atoms with E-state index in [1.165, 1.54) is 20.3 Å². The summed E-state index contributed by atoms with van der Waals surface area (Å²) in [5.74, 6) is -0.0629. The molecular weight excluding hydrogens is 449 g/mol. The number of fused-ring (bicyclic) bond motifs is 1. The van der Waals surface area contributed by atoms with E-state index in [1.54, 1.807) is 23.1 Å². The summed E-state index contributed by atoms with van der Waals surface area (Å²) in [4.78, 5) is 14.2. The van der Waals surface area contributed by atoms with E-state index in [2.05, 4.69) is 27.0 Å². The zero-order chi connectivity index (χ0) is 24.5. The molecule has 0 spiro atoms. The van der Waals surface area contributed by atoms with Gasteiger partial charge in [0.25, 0.3) is 0 Å². The van der Waals surface area contributed by atoms with Crippen LogP contribution in [0.4, 0.5) is 10.1 Å². The van der Waals surface area contributed by atoms with Crippen molar-refractivity contribution >= 4 is 16.9 Å². The maximum absolute atomic E-state index is 15.1. The van der Waals surface area contributed by atoms with Crippen LogP contribution in [0.2, 0.25) is 0 Å². The lowest BCUT2D eigenvalue weighted by Gasteiger charge is -2.17. The van der Waals surface area contributed by atoms with Crippen molar-refractivity contribution in [3.8, 4) is 22.8 Å². The van der Waals surface area contributed by atoms with Crippen molar-refractivity contribution in [2.75, 3.05) is 14.2 Å². The number of ether oxygens (including phenoxy) is 2.